The summed E-state index contributed by atoms with van der Waals surface area (Å²) < 4.78 is 35.5. The van der Waals surface area contributed by atoms with Crippen LogP contribution in [0.3, 0.4) is 0 Å². The van der Waals surface area contributed by atoms with Crippen LogP contribution in [-0.4, -0.2) is 50.9 Å². The van der Waals surface area contributed by atoms with Crippen molar-refractivity contribution in [2.24, 2.45) is 0 Å². The normalized spacial score (nSPS) is 14.2. The first-order chi connectivity index (χ1) is 22.7. The van der Waals surface area contributed by atoms with Gasteiger partial charge in [-0.2, -0.15) is 0 Å². The number of methoxy groups -OCH3 is 1. The van der Waals surface area contributed by atoms with E-state index in [2.05, 4.69) is 21.2 Å². The van der Waals surface area contributed by atoms with Crippen LogP contribution in [0.15, 0.2) is 119 Å². The number of carbonyl (C=O) groups is 2. The Morgan fingerprint density at radius 3 is 2.13 bits per heavy atom. The highest BCUT2D eigenvalue weighted by Crippen LogP contribution is 2.27. The van der Waals surface area contributed by atoms with Crippen LogP contribution in [0.2, 0.25) is 0 Å². The second-order valence-corrected chi connectivity index (χ2v) is 14.5. The second kappa shape index (κ2) is 16.1. The zero-order chi connectivity index (χ0) is 33.2. The summed E-state index contributed by atoms with van der Waals surface area (Å²) in [5.74, 6) is -0.224. The predicted molar refractivity (Wildman–Crippen MR) is 188 cm³/mol. The summed E-state index contributed by atoms with van der Waals surface area (Å²) in [7, 11) is -2.68. The average molecular weight is 719 g/mol. The fourth-order valence-corrected chi connectivity index (χ4v) is 7.79. The van der Waals surface area contributed by atoms with Gasteiger partial charge < -0.3 is 15.0 Å². The number of nitrogens with one attached hydrogen (secondary N) is 1. The highest BCUT2D eigenvalue weighted by Gasteiger charge is 2.35. The van der Waals surface area contributed by atoms with Gasteiger partial charge in [-0.05, 0) is 72.5 Å². The van der Waals surface area contributed by atoms with Gasteiger partial charge in [-0.1, -0.05) is 95.9 Å². The van der Waals surface area contributed by atoms with Crippen LogP contribution in [0.1, 0.15) is 43.2 Å². The molecular weight excluding hydrogens is 678 g/mol. The van der Waals surface area contributed by atoms with E-state index in [4.69, 9.17) is 4.74 Å². The van der Waals surface area contributed by atoms with Gasteiger partial charge in [-0.15, -0.1) is 0 Å². The third-order valence-electron chi connectivity index (χ3n) is 8.44. The largest absolute Gasteiger partial charge is 0.497 e. The smallest absolute Gasteiger partial charge is 0.264 e. The van der Waals surface area contributed by atoms with Gasteiger partial charge >= 0.3 is 0 Å². The number of benzene rings is 4. The summed E-state index contributed by atoms with van der Waals surface area (Å²) in [6.07, 6.45) is 5.30. The third kappa shape index (κ3) is 9.02. The number of carbonyl (C=O) groups excluding carboxylic acids is 2. The van der Waals surface area contributed by atoms with E-state index < -0.39 is 28.5 Å². The summed E-state index contributed by atoms with van der Waals surface area (Å²) in [5, 5.41) is 3.24. The Morgan fingerprint density at radius 1 is 0.851 bits per heavy atom. The Hall–Kier alpha value is -4.15. The summed E-state index contributed by atoms with van der Waals surface area (Å²) in [6.45, 7) is -0.395. The maximum Gasteiger partial charge on any atom is 0.264 e. The van der Waals surface area contributed by atoms with E-state index in [1.807, 2.05) is 54.6 Å². The number of rotatable bonds is 13. The minimum absolute atomic E-state index is 0.0179. The number of ether oxygens (including phenoxy) is 1. The van der Waals surface area contributed by atoms with Crippen LogP contribution in [-0.2, 0) is 32.6 Å². The maximum atomic E-state index is 14.6. The molecule has 0 bridgehead atoms. The molecule has 1 fully saturated rings. The number of anilines is 1. The minimum Gasteiger partial charge on any atom is -0.497 e. The highest BCUT2D eigenvalue weighted by atomic mass is 79.9. The SMILES string of the molecule is COc1ccc(S(=O)(=O)N(CC(=O)N(Cc2cccc(Br)c2)[C@H](Cc2ccccc2)C(=O)NC2CCCCC2)c2ccccc2)cc1. The first kappa shape index (κ1) is 34.2. The quantitative estimate of drug-likeness (QED) is 0.165. The molecule has 10 heteroatoms. The van der Waals surface area contributed by atoms with Gasteiger partial charge in [0.15, 0.2) is 0 Å². The van der Waals surface area contributed by atoms with Crippen molar-refractivity contribution < 1.29 is 22.7 Å². The number of halogens is 1. The van der Waals surface area contributed by atoms with Crippen LogP contribution in [0.4, 0.5) is 5.69 Å². The van der Waals surface area contributed by atoms with E-state index in [1.54, 1.807) is 42.5 Å². The summed E-state index contributed by atoms with van der Waals surface area (Å²) >= 11 is 3.53. The van der Waals surface area contributed by atoms with Gasteiger partial charge in [0.25, 0.3) is 10.0 Å². The molecule has 1 N–H and O–H groups in total. The molecule has 1 saturated carbocycles. The summed E-state index contributed by atoms with van der Waals surface area (Å²) in [5.41, 5.74) is 2.04. The van der Waals surface area contributed by atoms with E-state index in [9.17, 15) is 18.0 Å². The van der Waals surface area contributed by atoms with Gasteiger partial charge in [0.05, 0.1) is 17.7 Å². The zero-order valence-electron chi connectivity index (χ0n) is 26.4. The molecule has 5 rings (SSSR count). The van der Waals surface area contributed by atoms with Gasteiger partial charge in [0.1, 0.15) is 18.3 Å². The second-order valence-electron chi connectivity index (χ2n) is 11.7. The first-order valence-electron chi connectivity index (χ1n) is 15.8. The van der Waals surface area contributed by atoms with Gasteiger partial charge in [0, 0.05) is 23.5 Å². The molecule has 0 radical (unpaired) electrons. The molecule has 4 aromatic rings. The van der Waals surface area contributed by atoms with Crippen molar-refractivity contribution in [1.29, 1.82) is 0 Å². The molecule has 4 aromatic carbocycles. The number of sulfonamides is 1. The van der Waals surface area contributed by atoms with E-state index in [-0.39, 0.29) is 29.8 Å². The van der Waals surface area contributed by atoms with Crippen LogP contribution in [0.25, 0.3) is 0 Å². The van der Waals surface area contributed by atoms with E-state index in [0.717, 1.165) is 52.0 Å². The molecule has 0 spiro atoms. The highest BCUT2D eigenvalue weighted by molar-refractivity contribution is 9.10. The van der Waals surface area contributed by atoms with Crippen molar-refractivity contribution in [2.75, 3.05) is 18.0 Å². The van der Waals surface area contributed by atoms with Crippen LogP contribution < -0.4 is 14.4 Å². The Morgan fingerprint density at radius 2 is 1.49 bits per heavy atom. The molecule has 0 saturated heterocycles. The van der Waals surface area contributed by atoms with Gasteiger partial charge in [-0.3, -0.25) is 13.9 Å². The van der Waals surface area contributed by atoms with Crippen molar-refractivity contribution in [3.05, 3.63) is 125 Å². The molecule has 0 aliphatic heterocycles. The summed E-state index contributed by atoms with van der Waals surface area (Å²) in [4.78, 5) is 30.4. The first-order valence-corrected chi connectivity index (χ1v) is 18.1. The Labute approximate surface area is 285 Å². The molecule has 1 atom stereocenters. The fourth-order valence-electron chi connectivity index (χ4n) is 5.93. The molecule has 0 heterocycles. The predicted octanol–water partition coefficient (Wildman–Crippen LogP) is 6.74. The van der Waals surface area contributed by atoms with Gasteiger partial charge in [0.2, 0.25) is 11.8 Å². The lowest BCUT2D eigenvalue weighted by molar-refractivity contribution is -0.140. The van der Waals surface area contributed by atoms with E-state index in [0.29, 0.717) is 11.4 Å². The number of hydrogen-bond acceptors (Lipinski definition) is 5. The van der Waals surface area contributed by atoms with Crippen molar-refractivity contribution >= 4 is 43.5 Å². The molecular formula is C37H40BrN3O5S. The van der Waals surface area contributed by atoms with Crippen LogP contribution in [0.5, 0.6) is 5.75 Å². The fraction of sp³-hybridized carbons (Fsp3) is 0.297. The molecule has 47 heavy (non-hydrogen) atoms. The molecule has 1 aliphatic carbocycles. The molecule has 0 unspecified atom stereocenters. The lowest BCUT2D eigenvalue weighted by atomic mass is 9.94. The number of amides is 2. The Kier molecular flexibility index (Phi) is 11.7. The molecule has 2 amide bonds. The third-order valence-corrected chi connectivity index (χ3v) is 10.7. The summed E-state index contributed by atoms with van der Waals surface area (Å²) in [6, 6.07) is 30.9. The van der Waals surface area contributed by atoms with E-state index in [1.165, 1.54) is 24.1 Å². The monoisotopic (exact) mass is 717 g/mol. The number of hydrogen-bond donors (Lipinski definition) is 1. The Balaban J connectivity index is 1.54. The van der Waals surface area contributed by atoms with Crippen molar-refractivity contribution in [2.45, 2.75) is 62.0 Å². The average Bonchev–Trinajstić information content (AvgIpc) is 3.10. The van der Waals surface area contributed by atoms with Gasteiger partial charge in [-0.25, -0.2) is 8.42 Å². The van der Waals surface area contributed by atoms with Crippen LogP contribution in [0, 0.1) is 0 Å². The Bertz CT molecular complexity index is 1730. The maximum absolute atomic E-state index is 14.6. The standard InChI is InChI=1S/C37H40BrN3O5S/c1-46-33-20-22-34(23-21-33)47(44,45)41(32-18-9-4-10-19-32)27-36(42)40(26-29-14-11-15-30(38)24-29)35(25-28-12-5-2-6-13-28)37(43)39-31-16-7-3-8-17-31/h2,4-6,9-15,18-24,31,35H,3,7-8,16-17,25-27H2,1H3,(H,39,43)/t35-/m1/s1. The lowest BCUT2D eigenvalue weighted by Gasteiger charge is -2.35. The van der Waals surface area contributed by atoms with Crippen LogP contribution >= 0.6 is 15.9 Å². The minimum atomic E-state index is -4.19. The molecule has 1 aliphatic rings. The topological polar surface area (TPSA) is 96.0 Å². The van der Waals surface area contributed by atoms with Crippen molar-refractivity contribution in [1.82, 2.24) is 10.2 Å². The molecule has 0 aromatic heterocycles. The van der Waals surface area contributed by atoms with Crippen molar-refractivity contribution in [3.63, 3.8) is 0 Å². The lowest BCUT2D eigenvalue weighted by Crippen LogP contribution is -2.55. The van der Waals surface area contributed by atoms with Crippen molar-refractivity contribution in [3.8, 4) is 5.75 Å². The zero-order valence-corrected chi connectivity index (χ0v) is 28.8. The molecule has 8 nitrogen and oxygen atoms in total. The number of nitrogens with zero attached hydrogens (tertiary/aromatic N) is 2. The van der Waals surface area contributed by atoms with E-state index >= 15 is 0 Å². The number of para-hydroxylation sites is 1. The molecule has 246 valence electrons.